The Bertz CT molecular complexity index is 1170. The van der Waals surface area contributed by atoms with E-state index in [1.165, 1.54) is 10.9 Å². The topological polar surface area (TPSA) is 172 Å². The summed E-state index contributed by atoms with van der Waals surface area (Å²) in [6, 6.07) is 8.12. The highest BCUT2D eigenvalue weighted by Gasteiger charge is 2.44. The van der Waals surface area contributed by atoms with Crippen molar-refractivity contribution in [3.63, 3.8) is 0 Å². The van der Waals surface area contributed by atoms with Crippen LogP contribution in [-0.4, -0.2) is 91.2 Å². The van der Waals surface area contributed by atoms with Crippen LogP contribution in [0, 0.1) is 0 Å². The van der Waals surface area contributed by atoms with Gasteiger partial charge < -0.3 is 36.0 Å². The fraction of sp³-hybridized carbons (Fsp3) is 0.478. The lowest BCUT2D eigenvalue weighted by molar-refractivity contribution is -0.128. The van der Waals surface area contributed by atoms with Crippen LogP contribution in [0.5, 0.6) is 0 Å². The number of carbonyl (C=O) groups is 1. The number of nitrogens with zero attached hydrogens (tertiary/aromatic N) is 5. The number of ether oxygens (including phenoxy) is 1. The maximum atomic E-state index is 11.8. The van der Waals surface area contributed by atoms with Crippen LogP contribution in [0.15, 0.2) is 30.6 Å². The van der Waals surface area contributed by atoms with Gasteiger partial charge in [-0.2, -0.15) is 9.97 Å². The van der Waals surface area contributed by atoms with E-state index < -0.39 is 31.1 Å². The van der Waals surface area contributed by atoms with Gasteiger partial charge >= 0.3 is 0 Å². The molecular weight excluding hydrogens is 454 g/mol. The Kier molecular flexibility index (Phi) is 7.45. The molecule has 1 saturated heterocycles. The first-order valence-corrected chi connectivity index (χ1v) is 11.4. The van der Waals surface area contributed by atoms with Crippen LogP contribution >= 0.6 is 0 Å². The monoisotopic (exact) mass is 485 g/mol. The first-order chi connectivity index (χ1) is 16.8. The van der Waals surface area contributed by atoms with Crippen molar-refractivity contribution in [3.05, 3.63) is 41.7 Å². The molecule has 12 nitrogen and oxygen atoms in total. The minimum absolute atomic E-state index is 0.106. The SMILES string of the molecule is CN(C)C(=O)CCc1ccc(CCNc2nc(N)c3ncn([C@@H]4O[C@H](CO)[C@@H](O)[C@H]4O)c3n2)cc1. The average Bonchev–Trinajstić information content (AvgIpc) is 3.39. The van der Waals surface area contributed by atoms with Gasteiger partial charge in [-0.1, -0.05) is 24.3 Å². The van der Waals surface area contributed by atoms with Gasteiger partial charge in [-0.15, -0.1) is 0 Å². The molecule has 0 unspecified atom stereocenters. The maximum absolute atomic E-state index is 11.8. The van der Waals surface area contributed by atoms with E-state index in [1.54, 1.807) is 19.0 Å². The van der Waals surface area contributed by atoms with E-state index in [2.05, 4.69) is 20.3 Å². The number of nitrogens with one attached hydrogen (secondary N) is 1. The fourth-order valence-corrected chi connectivity index (χ4v) is 3.98. The third-order valence-corrected chi connectivity index (χ3v) is 6.09. The standard InChI is InChI=1S/C23H31N7O5/c1-29(2)16(32)8-7-13-3-5-14(6-4-13)9-10-25-23-27-20(24)17-21(28-23)30(12-26-17)22-19(34)18(33)15(11-31)35-22/h3-6,12,15,18-19,22,31,33-34H,7-11H2,1-2H3,(H3,24,25,27,28)/t15-,18-,19-,22-/m1/s1. The zero-order chi connectivity index (χ0) is 25.1. The normalized spacial score (nSPS) is 22.0. The van der Waals surface area contributed by atoms with Crippen LogP contribution in [0.4, 0.5) is 11.8 Å². The number of aromatic nitrogens is 4. The Morgan fingerprint density at radius 3 is 2.46 bits per heavy atom. The molecule has 1 aliphatic rings. The van der Waals surface area contributed by atoms with E-state index in [4.69, 9.17) is 10.5 Å². The highest BCUT2D eigenvalue weighted by molar-refractivity contribution is 5.83. The van der Waals surface area contributed by atoms with Crippen LogP contribution in [-0.2, 0) is 22.4 Å². The summed E-state index contributed by atoms with van der Waals surface area (Å²) in [7, 11) is 3.51. The van der Waals surface area contributed by atoms with Crippen molar-refractivity contribution < 1.29 is 24.9 Å². The molecular formula is C23H31N7O5. The van der Waals surface area contributed by atoms with Crippen LogP contribution in [0.3, 0.4) is 0 Å². The van der Waals surface area contributed by atoms with Gasteiger partial charge in [0.15, 0.2) is 17.7 Å². The molecule has 1 amide bonds. The summed E-state index contributed by atoms with van der Waals surface area (Å²) in [5.41, 5.74) is 8.97. The predicted octanol–water partition coefficient (Wildman–Crippen LogP) is -0.305. The Hall–Kier alpha value is -3.32. The van der Waals surface area contributed by atoms with Gasteiger partial charge in [0.1, 0.15) is 23.8 Å². The summed E-state index contributed by atoms with van der Waals surface area (Å²) in [6.45, 7) is 0.117. The van der Waals surface area contributed by atoms with E-state index in [0.29, 0.717) is 42.9 Å². The highest BCUT2D eigenvalue weighted by Crippen LogP contribution is 2.32. The molecule has 35 heavy (non-hydrogen) atoms. The molecule has 2 aromatic heterocycles. The molecule has 6 N–H and O–H groups in total. The number of hydrogen-bond donors (Lipinski definition) is 5. The molecule has 4 rings (SSSR count). The number of aryl methyl sites for hydroxylation is 1. The number of rotatable bonds is 9. The van der Waals surface area contributed by atoms with Gasteiger partial charge in [-0.25, -0.2) is 4.98 Å². The minimum atomic E-state index is -1.26. The second-order valence-electron chi connectivity index (χ2n) is 8.77. The van der Waals surface area contributed by atoms with E-state index in [-0.39, 0.29) is 11.7 Å². The van der Waals surface area contributed by atoms with Gasteiger partial charge in [-0.3, -0.25) is 9.36 Å². The van der Waals surface area contributed by atoms with Crippen molar-refractivity contribution in [2.24, 2.45) is 0 Å². The summed E-state index contributed by atoms with van der Waals surface area (Å²) in [5.74, 6) is 0.566. The third-order valence-electron chi connectivity index (χ3n) is 6.09. The molecule has 0 saturated carbocycles. The van der Waals surface area contributed by atoms with Gasteiger partial charge in [-0.05, 0) is 24.0 Å². The maximum Gasteiger partial charge on any atom is 0.226 e. The average molecular weight is 486 g/mol. The first kappa shape index (κ1) is 24.8. The number of aliphatic hydroxyl groups is 3. The number of aliphatic hydroxyl groups excluding tert-OH is 3. The molecule has 1 fully saturated rings. The number of benzene rings is 1. The van der Waals surface area contributed by atoms with Gasteiger partial charge in [0.25, 0.3) is 0 Å². The summed E-state index contributed by atoms with van der Waals surface area (Å²) in [4.78, 5) is 26.3. The lowest BCUT2D eigenvalue weighted by Crippen LogP contribution is -2.33. The molecule has 1 aliphatic heterocycles. The number of imidazole rings is 1. The number of anilines is 2. The van der Waals surface area contributed by atoms with Crippen LogP contribution < -0.4 is 11.1 Å². The number of nitrogen functional groups attached to an aromatic ring is 1. The molecule has 0 aliphatic carbocycles. The first-order valence-electron chi connectivity index (χ1n) is 11.4. The number of hydrogen-bond acceptors (Lipinski definition) is 10. The second kappa shape index (κ2) is 10.5. The summed E-state index contributed by atoms with van der Waals surface area (Å²) < 4.78 is 7.06. The molecule has 4 atom stereocenters. The van der Waals surface area contributed by atoms with Crippen molar-refractivity contribution in [3.8, 4) is 0 Å². The van der Waals surface area contributed by atoms with E-state index >= 15 is 0 Å². The molecule has 1 aromatic carbocycles. The summed E-state index contributed by atoms with van der Waals surface area (Å²) >= 11 is 0. The van der Waals surface area contributed by atoms with Crippen molar-refractivity contribution in [1.29, 1.82) is 0 Å². The zero-order valence-electron chi connectivity index (χ0n) is 19.7. The van der Waals surface area contributed by atoms with E-state index in [1.807, 2.05) is 24.3 Å². The van der Waals surface area contributed by atoms with Crippen LogP contribution in [0.25, 0.3) is 11.2 Å². The Labute approximate surface area is 202 Å². The molecule has 3 aromatic rings. The van der Waals surface area contributed by atoms with Crippen LogP contribution in [0.1, 0.15) is 23.8 Å². The molecule has 188 valence electrons. The van der Waals surface area contributed by atoms with E-state index in [9.17, 15) is 20.1 Å². The van der Waals surface area contributed by atoms with Gasteiger partial charge in [0.2, 0.25) is 11.9 Å². The van der Waals surface area contributed by atoms with E-state index in [0.717, 1.165) is 11.1 Å². The zero-order valence-corrected chi connectivity index (χ0v) is 19.7. The van der Waals surface area contributed by atoms with Crippen LogP contribution in [0.2, 0.25) is 0 Å². The quantitative estimate of drug-likeness (QED) is 0.271. The van der Waals surface area contributed by atoms with Crippen molar-refractivity contribution in [2.45, 2.75) is 43.8 Å². The van der Waals surface area contributed by atoms with Crippen molar-refractivity contribution >= 4 is 28.8 Å². The lowest BCUT2D eigenvalue weighted by atomic mass is 10.1. The molecule has 12 heteroatoms. The minimum Gasteiger partial charge on any atom is -0.394 e. The number of amides is 1. The molecule has 0 spiro atoms. The number of nitrogens with two attached hydrogens (primary N) is 1. The van der Waals surface area contributed by atoms with Gasteiger partial charge in [0, 0.05) is 27.1 Å². The summed E-state index contributed by atoms with van der Waals surface area (Å²) in [5, 5.41) is 32.9. The fourth-order valence-electron chi connectivity index (χ4n) is 3.98. The Morgan fingerprint density at radius 2 is 1.83 bits per heavy atom. The lowest BCUT2D eigenvalue weighted by Gasteiger charge is -2.17. The summed E-state index contributed by atoms with van der Waals surface area (Å²) in [6.07, 6.45) is -1.08. The molecule has 3 heterocycles. The second-order valence-corrected chi connectivity index (χ2v) is 8.77. The Morgan fingerprint density at radius 1 is 1.14 bits per heavy atom. The largest absolute Gasteiger partial charge is 0.394 e. The molecule has 0 radical (unpaired) electrons. The van der Waals surface area contributed by atoms with Gasteiger partial charge in [0.05, 0.1) is 12.9 Å². The van der Waals surface area contributed by atoms with Crippen molar-refractivity contribution in [2.75, 3.05) is 38.3 Å². The third kappa shape index (κ3) is 5.35. The highest BCUT2D eigenvalue weighted by atomic mass is 16.6. The number of fused-ring (bicyclic) bond motifs is 1. The number of carbonyl (C=O) groups excluding carboxylic acids is 1. The predicted molar refractivity (Wildman–Crippen MR) is 128 cm³/mol. The smallest absolute Gasteiger partial charge is 0.226 e. The Balaban J connectivity index is 1.39. The molecule has 0 bridgehead atoms. The van der Waals surface area contributed by atoms with Crippen molar-refractivity contribution in [1.82, 2.24) is 24.4 Å².